The first-order valence-electron chi connectivity index (χ1n) is 8.64. The molecule has 0 saturated carbocycles. The molecule has 3 aliphatic heterocycles. The van der Waals surface area contributed by atoms with Crippen LogP contribution in [0.3, 0.4) is 0 Å². The summed E-state index contributed by atoms with van der Waals surface area (Å²) in [6, 6.07) is 4.48. The minimum atomic E-state index is -4.26. The smallest absolute Gasteiger partial charge is 0.404 e. The number of phosphoric acid groups is 1. The van der Waals surface area contributed by atoms with Crippen molar-refractivity contribution < 1.29 is 47.4 Å². The molecular weight excluding hydrogens is 450 g/mol. The van der Waals surface area contributed by atoms with Crippen LogP contribution in [0.5, 0.6) is 5.75 Å². The maximum absolute atomic E-state index is 15.2. The highest BCUT2D eigenvalue weighted by atomic mass is 35.5. The monoisotopic (exact) mass is 466 g/mol. The molecule has 1 saturated heterocycles. The second-order valence-corrected chi connectivity index (χ2v) is 8.74. The predicted molar refractivity (Wildman–Crippen MR) is 96.3 cm³/mol. The third-order valence-corrected chi connectivity index (χ3v) is 6.20. The number of alkyl halides is 1. The first-order chi connectivity index (χ1) is 14.1. The Morgan fingerprint density at radius 2 is 2.17 bits per heavy atom. The highest BCUT2D eigenvalue weighted by Crippen LogP contribution is 2.55. The number of fused-ring (bicyclic) bond motifs is 1. The maximum atomic E-state index is 15.2. The number of carbonyl (C=O) groups is 1. The van der Waals surface area contributed by atoms with Gasteiger partial charge in [-0.05, 0) is 18.2 Å². The Bertz CT molecular complexity index is 936. The number of ether oxygens (including phenoxy) is 1. The van der Waals surface area contributed by atoms with Crippen LogP contribution >= 0.6 is 19.4 Å². The Hall–Kier alpha value is -1.76. The van der Waals surface area contributed by atoms with Crippen LogP contribution in [0.15, 0.2) is 30.5 Å². The van der Waals surface area contributed by atoms with Gasteiger partial charge in [-0.3, -0.25) is 13.8 Å². The van der Waals surface area contributed by atoms with Gasteiger partial charge in [0.1, 0.15) is 24.6 Å². The van der Waals surface area contributed by atoms with Crippen molar-refractivity contribution in [1.29, 1.82) is 0 Å². The third kappa shape index (κ3) is 3.93. The SMILES string of the molecule is O=C1C=CN([C@@H]2O[C@](F)(COP3(=O)OCc4cc(Cl)ccc4O3)[C@@H](O)[C@H]2O)C(O)N1. The summed E-state index contributed by atoms with van der Waals surface area (Å²) in [5.41, 5.74) is 0.507. The zero-order valence-corrected chi connectivity index (χ0v) is 16.7. The van der Waals surface area contributed by atoms with Crippen LogP contribution in [0, 0.1) is 0 Å². The molecule has 1 amide bonds. The summed E-state index contributed by atoms with van der Waals surface area (Å²) in [4.78, 5) is 12.1. The van der Waals surface area contributed by atoms with Crippen LogP contribution in [0.1, 0.15) is 5.56 Å². The average molecular weight is 467 g/mol. The van der Waals surface area contributed by atoms with Gasteiger partial charge < -0.3 is 34.8 Å². The van der Waals surface area contributed by atoms with Crippen molar-refractivity contribution in [3.05, 3.63) is 41.1 Å². The van der Waals surface area contributed by atoms with E-state index in [9.17, 15) is 24.7 Å². The molecule has 164 valence electrons. The number of benzene rings is 1. The molecule has 3 aliphatic rings. The number of amides is 1. The highest BCUT2D eigenvalue weighted by molar-refractivity contribution is 7.49. The van der Waals surface area contributed by atoms with E-state index in [1.807, 2.05) is 0 Å². The van der Waals surface area contributed by atoms with E-state index in [2.05, 4.69) is 5.32 Å². The number of carbonyl (C=O) groups excluding carboxylic acids is 1. The molecule has 3 heterocycles. The Kier molecular flexibility index (Phi) is 5.54. The number of rotatable bonds is 4. The van der Waals surface area contributed by atoms with E-state index in [-0.39, 0.29) is 12.4 Å². The lowest BCUT2D eigenvalue weighted by atomic mass is 10.1. The Balaban J connectivity index is 1.45. The lowest BCUT2D eigenvalue weighted by Gasteiger charge is -2.35. The van der Waals surface area contributed by atoms with Crippen molar-refractivity contribution in [1.82, 2.24) is 10.2 Å². The van der Waals surface area contributed by atoms with Gasteiger partial charge in [-0.15, -0.1) is 0 Å². The first-order valence-corrected chi connectivity index (χ1v) is 10.5. The number of nitrogens with one attached hydrogen (secondary N) is 1. The number of aliphatic hydroxyl groups excluding tert-OH is 3. The molecule has 0 spiro atoms. The van der Waals surface area contributed by atoms with Gasteiger partial charge in [-0.1, -0.05) is 11.6 Å². The summed E-state index contributed by atoms with van der Waals surface area (Å²) in [6.07, 6.45) is -5.13. The summed E-state index contributed by atoms with van der Waals surface area (Å²) in [5.74, 6) is -3.47. The minimum absolute atomic E-state index is 0.171. The molecule has 0 radical (unpaired) electrons. The molecule has 2 unspecified atom stereocenters. The largest absolute Gasteiger partial charge is 0.530 e. The fourth-order valence-electron chi connectivity index (χ4n) is 3.09. The standard InChI is InChI=1S/C16H17ClFN2O9P/c17-9-1-2-10-8(5-9)6-26-30(25,29-10)27-7-16(18)13(23)12(22)14(28-16)20-4-3-11(21)19-15(20)24/h1-5,12-15,22-24H,6-7H2,(H,19,21)/t12-,13+,14-,15?,16-,30?/m1/s1. The molecule has 14 heteroatoms. The number of phosphoric ester groups is 1. The molecule has 4 N–H and O–H groups in total. The van der Waals surface area contributed by atoms with Gasteiger partial charge in [-0.2, -0.15) is 0 Å². The number of hydrogen-bond acceptors (Lipinski definition) is 10. The van der Waals surface area contributed by atoms with Crippen molar-refractivity contribution in [2.75, 3.05) is 6.61 Å². The van der Waals surface area contributed by atoms with Crippen LogP contribution < -0.4 is 9.84 Å². The Morgan fingerprint density at radius 1 is 1.40 bits per heavy atom. The van der Waals surface area contributed by atoms with Crippen LogP contribution in [0.2, 0.25) is 5.02 Å². The van der Waals surface area contributed by atoms with Crippen LogP contribution in [0.25, 0.3) is 0 Å². The average Bonchev–Trinajstić information content (AvgIpc) is 2.92. The number of halogens is 2. The zero-order chi connectivity index (χ0) is 21.7. The molecule has 30 heavy (non-hydrogen) atoms. The summed E-state index contributed by atoms with van der Waals surface area (Å²) >= 11 is 5.86. The molecule has 1 fully saturated rings. The maximum Gasteiger partial charge on any atom is 0.530 e. The van der Waals surface area contributed by atoms with E-state index in [4.69, 9.17) is 29.9 Å². The van der Waals surface area contributed by atoms with Crippen molar-refractivity contribution in [2.24, 2.45) is 0 Å². The van der Waals surface area contributed by atoms with Crippen molar-refractivity contribution >= 4 is 25.3 Å². The van der Waals surface area contributed by atoms with Crippen LogP contribution in [-0.2, 0) is 29.8 Å². The molecule has 4 rings (SSSR count). The molecule has 1 aromatic carbocycles. The topological polar surface area (TPSA) is 147 Å². The van der Waals surface area contributed by atoms with Crippen molar-refractivity contribution in [3.8, 4) is 5.75 Å². The zero-order valence-electron chi connectivity index (χ0n) is 15.1. The van der Waals surface area contributed by atoms with E-state index < -0.39 is 51.0 Å². The molecule has 0 bridgehead atoms. The molecule has 6 atom stereocenters. The van der Waals surface area contributed by atoms with Gasteiger partial charge in [0, 0.05) is 22.9 Å². The molecule has 0 aliphatic carbocycles. The van der Waals surface area contributed by atoms with E-state index >= 15 is 4.39 Å². The number of nitrogens with zero attached hydrogens (tertiary/aromatic N) is 1. The summed E-state index contributed by atoms with van der Waals surface area (Å²) in [7, 11) is -4.26. The lowest BCUT2D eigenvalue weighted by molar-refractivity contribution is -0.225. The van der Waals surface area contributed by atoms with Crippen LogP contribution in [0.4, 0.5) is 4.39 Å². The second-order valence-electron chi connectivity index (χ2n) is 6.71. The molecular formula is C16H17ClFN2O9P. The fraction of sp³-hybridized carbons (Fsp3) is 0.438. The second kappa shape index (κ2) is 7.74. The predicted octanol–water partition coefficient (Wildman–Crippen LogP) is 0.339. The minimum Gasteiger partial charge on any atom is -0.404 e. The highest BCUT2D eigenvalue weighted by Gasteiger charge is 2.59. The first kappa shape index (κ1) is 21.5. The van der Waals surface area contributed by atoms with Crippen molar-refractivity contribution in [2.45, 2.75) is 37.2 Å². The van der Waals surface area contributed by atoms with Gasteiger partial charge in [0.25, 0.3) is 5.85 Å². The summed E-state index contributed by atoms with van der Waals surface area (Å²) in [5, 5.41) is 32.7. The third-order valence-electron chi connectivity index (χ3n) is 4.65. The van der Waals surface area contributed by atoms with E-state index in [0.29, 0.717) is 10.6 Å². The number of hydrogen-bond donors (Lipinski definition) is 4. The Morgan fingerprint density at radius 3 is 2.90 bits per heavy atom. The van der Waals surface area contributed by atoms with Gasteiger partial charge in [0.05, 0.1) is 6.61 Å². The Labute approximate surface area is 174 Å². The van der Waals surface area contributed by atoms with Crippen molar-refractivity contribution in [3.63, 3.8) is 0 Å². The fourth-order valence-corrected chi connectivity index (χ4v) is 4.52. The molecule has 11 nitrogen and oxygen atoms in total. The van der Waals surface area contributed by atoms with Crippen LogP contribution in [-0.4, -0.2) is 63.4 Å². The van der Waals surface area contributed by atoms with E-state index in [0.717, 1.165) is 17.2 Å². The lowest BCUT2D eigenvalue weighted by Crippen LogP contribution is -2.55. The van der Waals surface area contributed by atoms with Gasteiger partial charge in [0.15, 0.2) is 6.23 Å². The normalized spacial score (nSPS) is 38.2. The van der Waals surface area contributed by atoms with Gasteiger partial charge >= 0.3 is 7.82 Å². The van der Waals surface area contributed by atoms with Gasteiger partial charge in [-0.25, -0.2) is 8.96 Å². The molecule has 0 aromatic heterocycles. The number of aliphatic hydroxyl groups is 3. The van der Waals surface area contributed by atoms with E-state index in [1.54, 1.807) is 0 Å². The van der Waals surface area contributed by atoms with E-state index in [1.165, 1.54) is 18.2 Å². The van der Waals surface area contributed by atoms with Gasteiger partial charge in [0.2, 0.25) is 12.3 Å². The summed E-state index contributed by atoms with van der Waals surface area (Å²) < 4.78 is 48.2. The molecule has 1 aromatic rings. The quantitative estimate of drug-likeness (QED) is 0.458. The summed E-state index contributed by atoms with van der Waals surface area (Å²) in [6.45, 7) is -1.30.